The lowest BCUT2D eigenvalue weighted by molar-refractivity contribution is -0.192. The molecule has 0 aliphatic carbocycles. The first-order chi connectivity index (χ1) is 41.4. The summed E-state index contributed by atoms with van der Waals surface area (Å²) in [4.78, 5) is 67.2. The lowest BCUT2D eigenvalue weighted by Gasteiger charge is -2.16. The largest absolute Gasteiger partial charge is 0.490 e. The van der Waals surface area contributed by atoms with Gasteiger partial charge in [-0.2, -0.15) is 22.0 Å². The fraction of sp³-hybridized carbons (Fsp3) is 0.333. The van der Waals surface area contributed by atoms with E-state index in [0.29, 0.717) is 96.8 Å². The maximum atomic E-state index is 12.6. The minimum Gasteiger partial charge on any atom is -0.475 e. The molecule has 89 heavy (non-hydrogen) atoms. The molecule has 0 bridgehead atoms. The molecule has 0 amide bonds. The zero-order chi connectivity index (χ0) is 66.8. The monoisotopic (exact) mass is 1410 g/mol. The van der Waals surface area contributed by atoms with Crippen LogP contribution in [0.1, 0.15) is 5.56 Å². The first-order valence-electron chi connectivity index (χ1n) is 26.3. The van der Waals surface area contributed by atoms with Crippen LogP contribution in [0.3, 0.4) is 0 Å². The summed E-state index contributed by atoms with van der Waals surface area (Å²) in [5.74, 6) is -2.72. The van der Waals surface area contributed by atoms with Gasteiger partial charge < -0.3 is 19.3 Å². The van der Waals surface area contributed by atoms with E-state index in [2.05, 4.69) is 79.6 Å². The molecule has 474 valence electrons. The van der Waals surface area contributed by atoms with E-state index in [4.69, 9.17) is 85.5 Å². The van der Waals surface area contributed by atoms with Gasteiger partial charge in [0.25, 0.3) is 22.2 Å². The van der Waals surface area contributed by atoms with Crippen molar-refractivity contribution < 1.29 is 46.1 Å². The van der Waals surface area contributed by atoms with Gasteiger partial charge in [0.2, 0.25) is 17.1 Å². The van der Waals surface area contributed by atoms with Crippen molar-refractivity contribution in [2.45, 2.75) is 84.2 Å². The van der Waals surface area contributed by atoms with Gasteiger partial charge >= 0.3 is 18.8 Å². The van der Waals surface area contributed by atoms with E-state index in [9.17, 15) is 41.1 Å². The summed E-state index contributed by atoms with van der Waals surface area (Å²) in [5.41, 5.74) is 3.27. The van der Waals surface area contributed by atoms with Crippen LogP contribution in [-0.2, 0) is 62.5 Å². The molecular formula is C57H59BrCl4F5N11O9Si2. The lowest BCUT2D eigenvalue weighted by Crippen LogP contribution is -2.24. The molecule has 0 saturated carbocycles. The summed E-state index contributed by atoms with van der Waals surface area (Å²) in [6.07, 6.45) is -5.08. The van der Waals surface area contributed by atoms with Gasteiger partial charge in [-0.1, -0.05) is 104 Å². The highest BCUT2D eigenvalue weighted by atomic mass is 79.9. The van der Waals surface area contributed by atoms with Gasteiger partial charge in [-0.15, -0.1) is 0 Å². The number of nitrogens with zero attached hydrogens (tertiary/aromatic N) is 10. The van der Waals surface area contributed by atoms with Gasteiger partial charge in [0.05, 0.1) is 74.9 Å². The van der Waals surface area contributed by atoms with E-state index in [1.165, 1.54) is 38.3 Å². The van der Waals surface area contributed by atoms with Crippen molar-refractivity contribution in [1.82, 2.24) is 37.9 Å². The minimum atomic E-state index is -5.08. The van der Waals surface area contributed by atoms with Gasteiger partial charge in [0.1, 0.15) is 19.2 Å². The van der Waals surface area contributed by atoms with Crippen LogP contribution in [0, 0.1) is 19.7 Å². The van der Waals surface area contributed by atoms with Crippen molar-refractivity contribution in [1.29, 1.82) is 0 Å². The summed E-state index contributed by atoms with van der Waals surface area (Å²) in [7, 11) is 4.37. The van der Waals surface area contributed by atoms with E-state index in [1.807, 2.05) is 4.68 Å². The Morgan fingerprint density at radius 3 is 1.42 bits per heavy atom. The Morgan fingerprint density at radius 2 is 1.00 bits per heavy atom. The molecule has 0 saturated heterocycles. The topological polar surface area (TPSA) is 197 Å². The highest BCUT2D eigenvalue weighted by Crippen LogP contribution is 2.33. The smallest absolute Gasteiger partial charge is 0.475 e. The molecule has 9 aromatic rings. The normalized spacial score (nSPS) is 11.4. The van der Waals surface area contributed by atoms with Crippen molar-refractivity contribution >= 4 is 145 Å². The first kappa shape index (κ1) is 72.3. The number of alkyl halides is 5. The van der Waals surface area contributed by atoms with Crippen LogP contribution in [-0.4, -0.2) is 91.1 Å². The molecule has 0 unspecified atom stereocenters. The highest BCUT2D eigenvalue weighted by Gasteiger charge is 2.38. The molecule has 4 heterocycles. The van der Waals surface area contributed by atoms with Gasteiger partial charge in [0, 0.05) is 82.7 Å². The fourth-order valence-corrected chi connectivity index (χ4v) is 10.8. The van der Waals surface area contributed by atoms with Crippen LogP contribution in [0.25, 0.3) is 58.1 Å². The van der Waals surface area contributed by atoms with Gasteiger partial charge in [0.15, 0.2) is 0 Å². The number of hydrogen-bond acceptors (Lipinski definition) is 8. The second-order valence-corrected chi connectivity index (χ2v) is 35.6. The molecule has 0 aliphatic heterocycles. The van der Waals surface area contributed by atoms with Crippen molar-refractivity contribution in [3.63, 3.8) is 0 Å². The average molecular weight is 1420 g/mol. The Morgan fingerprint density at radius 1 is 0.618 bits per heavy atom. The number of hydrogen-bond donors (Lipinski definition) is 2. The van der Waals surface area contributed by atoms with Crippen molar-refractivity contribution in [2.75, 3.05) is 13.2 Å². The van der Waals surface area contributed by atoms with Crippen LogP contribution < -0.4 is 27.0 Å². The Bertz CT molecular complexity index is 4480. The SMILES string of the molecule is Cn1c(=O)c2cc(Br)c(Cl)cc2n1COCC[Si](C)(C)C.O=C(O)C(F)(F)F.[C-]#[N+]c1cc2c(=O)n(C)[nH]c2cc1Cl.[C-]#[N+]c1cc2c(=O)n(C)n(COCC[Si](C)(C)C)c2cc1Cl.[C-]#[N+]c1cc2c(=O)n(C)n(Cc3ccccc3OC(F)F)c2cc1Cl. The van der Waals surface area contributed by atoms with Gasteiger partial charge in [-0.05, 0) is 82.6 Å². The van der Waals surface area contributed by atoms with Crippen LogP contribution >= 0.6 is 62.3 Å². The number of H-pyrrole nitrogens is 1. The number of aromatic nitrogens is 8. The lowest BCUT2D eigenvalue weighted by atomic mass is 10.2. The van der Waals surface area contributed by atoms with Gasteiger partial charge in [-0.25, -0.2) is 19.3 Å². The summed E-state index contributed by atoms with van der Waals surface area (Å²) in [5, 5.41) is 13.4. The number of carbonyl (C=O) groups is 1. The third kappa shape index (κ3) is 18.6. The Labute approximate surface area is 535 Å². The summed E-state index contributed by atoms with van der Waals surface area (Å²) in [6.45, 7) is 34.1. The molecule has 0 atom stereocenters. The van der Waals surface area contributed by atoms with Crippen molar-refractivity contribution in [3.8, 4) is 5.75 Å². The Kier molecular flexibility index (Phi) is 24.7. The molecule has 32 heteroatoms. The minimum absolute atomic E-state index is 0.0377. The van der Waals surface area contributed by atoms with Crippen molar-refractivity contribution in [3.05, 3.63) is 179 Å². The number of benzene rings is 5. The number of rotatable bonds is 14. The quantitative estimate of drug-likeness (QED) is 0.0460. The molecular weight excluding hydrogens is 1360 g/mol. The van der Waals surface area contributed by atoms with Crippen LogP contribution in [0.15, 0.2) is 96.4 Å². The number of carboxylic acid groups (broad SMARTS) is 1. The summed E-state index contributed by atoms with van der Waals surface area (Å²) in [6, 6.07) is 21.4. The van der Waals surface area contributed by atoms with E-state index < -0.39 is 34.9 Å². The number of aryl methyl sites for hydroxylation is 1. The Hall–Kier alpha value is -7.44. The number of aliphatic carboxylic acids is 1. The molecule has 0 spiro atoms. The summed E-state index contributed by atoms with van der Waals surface area (Å²) >= 11 is 27.5. The number of carboxylic acids is 1. The first-order valence-corrected chi connectivity index (χ1v) is 36.0. The molecule has 0 radical (unpaired) electrons. The third-order valence-corrected chi connectivity index (χ3v) is 18.6. The summed E-state index contributed by atoms with van der Waals surface area (Å²) < 4.78 is 84.6. The molecule has 4 aromatic heterocycles. The molecule has 9 rings (SSSR count). The fourth-order valence-electron chi connectivity index (χ4n) is 8.20. The van der Waals surface area contributed by atoms with Crippen molar-refractivity contribution in [2.24, 2.45) is 28.2 Å². The second-order valence-electron chi connectivity index (χ2n) is 21.9. The maximum absolute atomic E-state index is 12.6. The third-order valence-electron chi connectivity index (χ3n) is 13.1. The predicted octanol–water partition coefficient (Wildman–Crippen LogP) is 14.8. The molecule has 0 aliphatic rings. The number of nitrogens with one attached hydrogen (secondary N) is 1. The van der Waals surface area contributed by atoms with E-state index in [-0.39, 0.29) is 45.2 Å². The molecule has 2 N–H and O–H groups in total. The number of halogens is 10. The zero-order valence-corrected chi connectivity index (χ0v) is 56.0. The van der Waals surface area contributed by atoms with Gasteiger partial charge in [-0.3, -0.25) is 57.0 Å². The Balaban J connectivity index is 0.000000211. The zero-order valence-electron chi connectivity index (χ0n) is 49.4. The number of fused-ring (bicyclic) bond motifs is 4. The van der Waals surface area contributed by atoms with E-state index in [0.717, 1.165) is 22.1 Å². The van der Waals surface area contributed by atoms with E-state index >= 15 is 0 Å². The highest BCUT2D eigenvalue weighted by molar-refractivity contribution is 9.10. The van der Waals surface area contributed by atoms with Crippen LogP contribution in [0.5, 0.6) is 5.75 Å². The number of ether oxygens (including phenoxy) is 3. The number of aromatic amines is 1. The standard InChI is InChI=1S/C17H12ClF2N3O2.C15H20ClN3O2Si.C14H20BrClN2O2Si.C9H6ClN3O.C2HF3O2/c1-21-13-7-11-14(8-12(13)18)23(22(2)16(11)24)9-10-5-3-4-6-15(10)25-17(19)20;1-17-13-8-11-14(9-12(13)16)19(18(2)15(11)20)10-21-6-7-22(3,4)5;1-17-14(19)10-7-11(15)12(16)8-13(10)18(17)9-20-5-6-21(2,3)4;1-11-8-3-5-7(4-6(8)10)12-13(2)9(5)14;3-2(4,5)1(6)7/h3-8,17H,9H2,2H3;8-9H,6-7,10H2,2-5H3;7-8H,5-6,9H2,1-4H3;3-4,12H,2H3;(H,6,7). The molecule has 0 fully saturated rings. The second kappa shape index (κ2) is 30.4. The predicted molar refractivity (Wildman–Crippen MR) is 346 cm³/mol. The van der Waals surface area contributed by atoms with E-state index in [1.54, 1.807) is 90.8 Å². The number of para-hydroxylation sites is 1. The van der Waals surface area contributed by atoms with Crippen LogP contribution in [0.4, 0.5) is 39.0 Å². The molecule has 5 aromatic carbocycles. The van der Waals surface area contributed by atoms with Crippen LogP contribution in [0.2, 0.25) is 71.5 Å². The maximum Gasteiger partial charge on any atom is 0.490 e. The molecule has 20 nitrogen and oxygen atoms in total. The average Bonchev–Trinajstić information content (AvgIpc) is 1.68.